The number of likely N-dealkylation sites (tertiary alicyclic amines) is 2. The number of nitrogens with one attached hydrogen (secondary N) is 1. The van der Waals surface area contributed by atoms with Gasteiger partial charge in [0.1, 0.15) is 11.6 Å². The molecule has 3 amide bonds. The molecule has 2 aliphatic rings. The van der Waals surface area contributed by atoms with Crippen LogP contribution in [0.5, 0.6) is 0 Å². The molecule has 9 nitrogen and oxygen atoms in total. The molecule has 2 saturated heterocycles. The van der Waals surface area contributed by atoms with Gasteiger partial charge in [-0.3, -0.25) is 14.4 Å². The van der Waals surface area contributed by atoms with E-state index in [-0.39, 0.29) is 41.5 Å². The highest BCUT2D eigenvalue weighted by Crippen LogP contribution is 2.29. The van der Waals surface area contributed by atoms with Crippen LogP contribution in [0, 0.1) is 11.8 Å². The Labute approximate surface area is 181 Å². The second-order valence-corrected chi connectivity index (χ2v) is 9.87. The molecule has 30 heavy (non-hydrogen) atoms. The van der Waals surface area contributed by atoms with E-state index >= 15 is 0 Å². The van der Waals surface area contributed by atoms with E-state index in [9.17, 15) is 14.4 Å². The summed E-state index contributed by atoms with van der Waals surface area (Å²) < 4.78 is 5.30. The predicted molar refractivity (Wildman–Crippen MR) is 113 cm³/mol. The molecule has 2 fully saturated rings. The van der Waals surface area contributed by atoms with Gasteiger partial charge in [-0.1, -0.05) is 11.3 Å². The Bertz CT molecular complexity index is 782. The third kappa shape index (κ3) is 5.34. The van der Waals surface area contributed by atoms with Gasteiger partial charge in [-0.25, -0.2) is 0 Å². The highest BCUT2D eigenvalue weighted by Gasteiger charge is 2.41. The summed E-state index contributed by atoms with van der Waals surface area (Å²) in [5.41, 5.74) is -0.273. The highest BCUT2D eigenvalue weighted by atomic mass is 32.1. The fourth-order valence-corrected chi connectivity index (χ4v) is 4.58. The summed E-state index contributed by atoms with van der Waals surface area (Å²) in [4.78, 5) is 41.3. The maximum absolute atomic E-state index is 12.9. The molecule has 1 atom stereocenters. The van der Waals surface area contributed by atoms with E-state index in [0.29, 0.717) is 50.8 Å². The van der Waals surface area contributed by atoms with Gasteiger partial charge in [0.05, 0.1) is 5.92 Å². The first-order valence-corrected chi connectivity index (χ1v) is 11.3. The summed E-state index contributed by atoms with van der Waals surface area (Å²) >= 11 is 1.31. The number of hydrogen-bond donors (Lipinski definition) is 1. The van der Waals surface area contributed by atoms with Crippen molar-refractivity contribution in [3.05, 3.63) is 5.01 Å². The summed E-state index contributed by atoms with van der Waals surface area (Å²) in [5, 5.41) is 12.0. The number of anilines is 1. The monoisotopic (exact) mass is 437 g/mol. The number of rotatable bonds is 6. The van der Waals surface area contributed by atoms with Crippen molar-refractivity contribution in [1.82, 2.24) is 20.0 Å². The zero-order valence-corrected chi connectivity index (χ0v) is 19.0. The Morgan fingerprint density at radius 3 is 2.50 bits per heavy atom. The molecule has 10 heteroatoms. The summed E-state index contributed by atoms with van der Waals surface area (Å²) in [6.07, 6.45) is 1.48. The molecule has 0 aromatic carbocycles. The van der Waals surface area contributed by atoms with Crippen molar-refractivity contribution < 1.29 is 19.1 Å². The molecule has 1 unspecified atom stereocenters. The molecule has 0 radical (unpaired) electrons. The van der Waals surface area contributed by atoms with Gasteiger partial charge in [-0.05, 0) is 40.5 Å². The van der Waals surface area contributed by atoms with Gasteiger partial charge < -0.3 is 19.9 Å². The summed E-state index contributed by atoms with van der Waals surface area (Å²) in [7, 11) is 0. The van der Waals surface area contributed by atoms with E-state index in [0.717, 1.165) is 5.01 Å². The summed E-state index contributed by atoms with van der Waals surface area (Å²) in [6.45, 7) is 10.4. The van der Waals surface area contributed by atoms with Crippen LogP contribution in [0.25, 0.3) is 0 Å². The standard InChI is InChI=1S/C20H31N5O4S/c1-5-29-12-15-22-23-19(30-15)21-17(27)13-6-8-24(9-7-13)18(28)14-10-16(26)25(11-14)20(2,3)4/h13-14H,5-12H2,1-4H3,(H,21,23,27). The largest absolute Gasteiger partial charge is 0.374 e. The topological polar surface area (TPSA) is 105 Å². The lowest BCUT2D eigenvalue weighted by atomic mass is 9.94. The second-order valence-electron chi connectivity index (χ2n) is 8.80. The van der Waals surface area contributed by atoms with Crippen molar-refractivity contribution in [2.45, 2.75) is 59.1 Å². The van der Waals surface area contributed by atoms with Gasteiger partial charge in [0.15, 0.2) is 0 Å². The van der Waals surface area contributed by atoms with Crippen LogP contribution >= 0.6 is 11.3 Å². The number of ether oxygens (including phenoxy) is 1. The summed E-state index contributed by atoms with van der Waals surface area (Å²) in [5.74, 6) is -0.470. The van der Waals surface area contributed by atoms with Crippen LogP contribution in [0.4, 0.5) is 5.13 Å². The zero-order valence-electron chi connectivity index (χ0n) is 18.1. The number of nitrogens with zero attached hydrogens (tertiary/aromatic N) is 4. The molecule has 0 bridgehead atoms. The Morgan fingerprint density at radius 1 is 1.20 bits per heavy atom. The lowest BCUT2D eigenvalue weighted by Crippen LogP contribution is -2.46. The van der Waals surface area contributed by atoms with Crippen molar-refractivity contribution in [1.29, 1.82) is 0 Å². The average Bonchev–Trinajstić information content (AvgIpc) is 3.32. The molecule has 1 aromatic rings. The van der Waals surface area contributed by atoms with Gasteiger partial charge in [0.2, 0.25) is 22.9 Å². The highest BCUT2D eigenvalue weighted by molar-refractivity contribution is 7.15. The van der Waals surface area contributed by atoms with E-state index in [1.807, 2.05) is 27.7 Å². The first kappa shape index (κ1) is 22.6. The Morgan fingerprint density at radius 2 is 1.90 bits per heavy atom. The van der Waals surface area contributed by atoms with E-state index in [1.54, 1.807) is 9.80 Å². The van der Waals surface area contributed by atoms with Crippen molar-refractivity contribution in [3.63, 3.8) is 0 Å². The molecule has 2 aliphatic heterocycles. The minimum atomic E-state index is -0.285. The second kappa shape index (κ2) is 9.38. The van der Waals surface area contributed by atoms with Gasteiger partial charge in [0, 0.05) is 44.1 Å². The number of amides is 3. The third-order valence-corrected chi connectivity index (χ3v) is 6.40. The number of hydrogen-bond acceptors (Lipinski definition) is 7. The number of piperidine rings is 1. The van der Waals surface area contributed by atoms with Crippen molar-refractivity contribution >= 4 is 34.2 Å². The van der Waals surface area contributed by atoms with Gasteiger partial charge in [-0.15, -0.1) is 10.2 Å². The Hall–Kier alpha value is -2.07. The molecule has 0 aliphatic carbocycles. The maximum atomic E-state index is 12.9. The normalized spacial score (nSPS) is 20.7. The van der Waals surface area contributed by atoms with Gasteiger partial charge in [-0.2, -0.15) is 0 Å². The van der Waals surface area contributed by atoms with Crippen LogP contribution < -0.4 is 5.32 Å². The van der Waals surface area contributed by atoms with Gasteiger partial charge in [0.25, 0.3) is 0 Å². The lowest BCUT2D eigenvalue weighted by Gasteiger charge is -2.34. The van der Waals surface area contributed by atoms with Crippen LogP contribution in [0.2, 0.25) is 0 Å². The smallest absolute Gasteiger partial charge is 0.229 e. The predicted octanol–water partition coefficient (Wildman–Crippen LogP) is 1.90. The van der Waals surface area contributed by atoms with Crippen LogP contribution in [-0.2, 0) is 25.7 Å². The lowest BCUT2D eigenvalue weighted by molar-refractivity contribution is -0.138. The molecule has 1 N–H and O–H groups in total. The fraction of sp³-hybridized carbons (Fsp3) is 0.750. The van der Waals surface area contributed by atoms with E-state index in [4.69, 9.17) is 4.74 Å². The molecule has 166 valence electrons. The number of carbonyl (C=O) groups is 3. The molecule has 0 spiro atoms. The molecule has 3 rings (SSSR count). The van der Waals surface area contributed by atoms with Crippen molar-refractivity contribution in [2.24, 2.45) is 11.8 Å². The van der Waals surface area contributed by atoms with Crippen molar-refractivity contribution in [2.75, 3.05) is 31.6 Å². The minimum absolute atomic E-state index is 0.0265. The molecular formula is C20H31N5O4S. The van der Waals surface area contributed by atoms with E-state index < -0.39 is 0 Å². The Kier molecular flexibility index (Phi) is 7.07. The molecule has 0 saturated carbocycles. The van der Waals surface area contributed by atoms with Crippen LogP contribution in [0.15, 0.2) is 0 Å². The minimum Gasteiger partial charge on any atom is -0.374 e. The summed E-state index contributed by atoms with van der Waals surface area (Å²) in [6, 6.07) is 0. The van der Waals surface area contributed by atoms with E-state index in [1.165, 1.54) is 11.3 Å². The van der Waals surface area contributed by atoms with E-state index in [2.05, 4.69) is 15.5 Å². The quantitative estimate of drug-likeness (QED) is 0.729. The van der Waals surface area contributed by atoms with Crippen LogP contribution in [-0.4, -0.2) is 69.5 Å². The molecule has 3 heterocycles. The first-order chi connectivity index (χ1) is 14.2. The van der Waals surface area contributed by atoms with Crippen molar-refractivity contribution in [3.8, 4) is 0 Å². The van der Waals surface area contributed by atoms with Gasteiger partial charge >= 0.3 is 0 Å². The van der Waals surface area contributed by atoms with Crippen LogP contribution in [0.1, 0.15) is 52.0 Å². The number of aromatic nitrogens is 2. The average molecular weight is 438 g/mol. The first-order valence-electron chi connectivity index (χ1n) is 10.5. The number of carbonyl (C=O) groups excluding carboxylic acids is 3. The molecular weight excluding hydrogens is 406 g/mol. The SMILES string of the molecule is CCOCc1nnc(NC(=O)C2CCN(C(=O)C3CC(=O)N(C(C)(C)C)C3)CC2)s1. The fourth-order valence-electron chi connectivity index (χ4n) is 3.90. The molecule has 1 aromatic heterocycles. The third-order valence-electron chi connectivity index (χ3n) is 5.59. The zero-order chi connectivity index (χ0) is 21.9. The van der Waals surface area contributed by atoms with Crippen LogP contribution in [0.3, 0.4) is 0 Å². The Balaban J connectivity index is 1.47. The maximum Gasteiger partial charge on any atom is 0.229 e.